The van der Waals surface area contributed by atoms with E-state index in [-0.39, 0.29) is 16.3 Å². The average Bonchev–Trinajstić information content (AvgIpc) is 2.60. The highest BCUT2D eigenvalue weighted by Gasteiger charge is 2.21. The lowest BCUT2D eigenvalue weighted by atomic mass is 9.96. The predicted molar refractivity (Wildman–Crippen MR) is 96.6 cm³/mol. The fraction of sp³-hybridized carbons (Fsp3) is 0. The number of pyridine rings is 1. The number of nitrogens with zero attached hydrogens (tertiary/aromatic N) is 2. The second kappa shape index (κ2) is 6.48. The van der Waals surface area contributed by atoms with E-state index in [0.717, 1.165) is 16.5 Å². The van der Waals surface area contributed by atoms with Crippen molar-refractivity contribution in [2.24, 2.45) is 21.8 Å². The van der Waals surface area contributed by atoms with Crippen molar-refractivity contribution in [3.63, 3.8) is 0 Å². The van der Waals surface area contributed by atoms with Gasteiger partial charge in [-0.15, -0.1) is 5.10 Å². The summed E-state index contributed by atoms with van der Waals surface area (Å²) >= 11 is 0. The number of hydrazine groups is 1. The molecule has 9 heteroatoms. The van der Waals surface area contributed by atoms with Crippen molar-refractivity contribution >= 4 is 26.8 Å². The minimum Gasteiger partial charge on any atom is -0.382 e. The highest BCUT2D eigenvalue weighted by atomic mass is 32.2. The molecule has 1 aromatic heterocycles. The number of nitrogens with two attached hydrogens (primary N) is 3. The van der Waals surface area contributed by atoms with Crippen molar-refractivity contribution < 1.29 is 8.42 Å². The van der Waals surface area contributed by atoms with Gasteiger partial charge in [-0.3, -0.25) is 4.98 Å². The van der Waals surface area contributed by atoms with Crippen LogP contribution in [0.15, 0.2) is 64.7 Å². The van der Waals surface area contributed by atoms with Gasteiger partial charge in [-0.25, -0.2) is 24.9 Å². The number of aromatic nitrogens is 1. The van der Waals surface area contributed by atoms with Gasteiger partial charge < -0.3 is 5.73 Å². The number of hydrogen-bond acceptors (Lipinski definition) is 6. The summed E-state index contributed by atoms with van der Waals surface area (Å²) in [7, 11) is -4.03. The molecule has 1 heterocycles. The van der Waals surface area contributed by atoms with Gasteiger partial charge in [0, 0.05) is 17.1 Å². The van der Waals surface area contributed by atoms with Crippen LogP contribution < -0.4 is 22.3 Å². The first-order chi connectivity index (χ1) is 11.9. The number of amidine groups is 1. The number of benzene rings is 2. The van der Waals surface area contributed by atoms with Crippen LogP contribution in [-0.4, -0.2) is 19.2 Å². The topological polar surface area (TPSA) is 149 Å². The largest absolute Gasteiger partial charge is 0.382 e. The molecule has 0 spiro atoms. The molecular formula is C16H16N6O2S. The van der Waals surface area contributed by atoms with Gasteiger partial charge in [0.15, 0.2) is 5.84 Å². The Bertz CT molecular complexity index is 1070. The van der Waals surface area contributed by atoms with Crippen LogP contribution in [0.5, 0.6) is 0 Å². The Morgan fingerprint density at radius 1 is 1.04 bits per heavy atom. The van der Waals surface area contributed by atoms with Crippen molar-refractivity contribution in [1.82, 2.24) is 10.5 Å². The monoisotopic (exact) mass is 356 g/mol. The second-order valence-corrected chi connectivity index (χ2v) is 6.76. The minimum absolute atomic E-state index is 0.0944. The van der Waals surface area contributed by atoms with E-state index < -0.39 is 10.0 Å². The van der Waals surface area contributed by atoms with Crippen LogP contribution >= 0.6 is 0 Å². The molecule has 3 aromatic rings. The highest BCUT2D eigenvalue weighted by Crippen LogP contribution is 2.32. The van der Waals surface area contributed by atoms with Gasteiger partial charge >= 0.3 is 0 Å². The van der Waals surface area contributed by atoms with Gasteiger partial charge in [-0.1, -0.05) is 30.3 Å². The lowest BCUT2D eigenvalue weighted by Crippen LogP contribution is -2.26. The molecule has 0 unspecified atom stereocenters. The summed E-state index contributed by atoms with van der Waals surface area (Å²) in [5, 5.41) is 9.91. The maximum absolute atomic E-state index is 12.0. The van der Waals surface area contributed by atoms with E-state index >= 15 is 0 Å². The number of fused-ring (bicyclic) bond motifs is 1. The predicted octanol–water partition coefficient (Wildman–Crippen LogP) is 0.633. The lowest BCUT2D eigenvalue weighted by Gasteiger charge is -2.15. The third-order valence-electron chi connectivity index (χ3n) is 3.71. The molecule has 128 valence electrons. The van der Waals surface area contributed by atoms with Crippen molar-refractivity contribution in [2.45, 2.75) is 4.90 Å². The Labute approximate surface area is 144 Å². The number of hydrogen-bond donors (Lipinski definition) is 4. The van der Waals surface area contributed by atoms with Crippen molar-refractivity contribution in [3.8, 4) is 11.1 Å². The molecule has 0 saturated heterocycles. The van der Waals surface area contributed by atoms with Gasteiger partial charge in [0.2, 0.25) is 10.0 Å². The van der Waals surface area contributed by atoms with Crippen molar-refractivity contribution in [2.75, 3.05) is 0 Å². The molecule has 8 nitrogen and oxygen atoms in total. The first-order valence-corrected chi connectivity index (χ1v) is 8.77. The molecule has 0 amide bonds. The van der Waals surface area contributed by atoms with Crippen molar-refractivity contribution in [1.29, 1.82) is 0 Å². The van der Waals surface area contributed by atoms with Crippen LogP contribution in [0.2, 0.25) is 0 Å². The van der Waals surface area contributed by atoms with Crippen LogP contribution in [0.4, 0.5) is 0 Å². The molecule has 3 rings (SSSR count). The molecule has 0 aliphatic rings. The fourth-order valence-corrected chi connectivity index (χ4v) is 3.48. The van der Waals surface area contributed by atoms with Gasteiger partial charge in [-0.05, 0) is 29.3 Å². The maximum Gasteiger partial charge on any atom is 0.238 e. The molecule has 25 heavy (non-hydrogen) atoms. The molecule has 0 aliphatic carbocycles. The first kappa shape index (κ1) is 16.8. The summed E-state index contributed by atoms with van der Waals surface area (Å²) in [5.74, 6) is 5.10. The van der Waals surface area contributed by atoms with Crippen LogP contribution in [0, 0.1) is 0 Å². The zero-order valence-electron chi connectivity index (χ0n) is 13.0. The molecule has 0 saturated carbocycles. The second-order valence-electron chi connectivity index (χ2n) is 5.23. The molecule has 7 N–H and O–H groups in total. The Balaban J connectivity index is 2.42. The zero-order valence-corrected chi connectivity index (χ0v) is 13.9. The zero-order chi connectivity index (χ0) is 18.0. The number of hydrazone groups is 1. The molecule has 0 bridgehead atoms. The summed E-state index contributed by atoms with van der Waals surface area (Å²) < 4.78 is 24.0. The summed E-state index contributed by atoms with van der Waals surface area (Å²) in [4.78, 5) is 4.18. The molecular weight excluding hydrogens is 340 g/mol. The van der Waals surface area contributed by atoms with Crippen LogP contribution in [-0.2, 0) is 10.0 Å². The fourth-order valence-electron chi connectivity index (χ4n) is 2.71. The SMILES string of the molecule is NN/N=C(\N)c1c(-c2ccnc3ccccc23)cccc1S(N)(=O)=O. The summed E-state index contributed by atoms with van der Waals surface area (Å²) in [6.07, 6.45) is 1.64. The average molecular weight is 356 g/mol. The molecule has 0 atom stereocenters. The van der Waals surface area contributed by atoms with Crippen LogP contribution in [0.25, 0.3) is 22.0 Å². The quantitative estimate of drug-likeness (QED) is 0.233. The van der Waals surface area contributed by atoms with E-state index in [1.165, 1.54) is 6.07 Å². The Morgan fingerprint density at radius 2 is 1.80 bits per heavy atom. The third-order valence-corrected chi connectivity index (χ3v) is 4.67. The van der Waals surface area contributed by atoms with E-state index in [2.05, 4.69) is 15.6 Å². The number of para-hydroxylation sites is 1. The highest BCUT2D eigenvalue weighted by molar-refractivity contribution is 7.89. The Kier molecular flexibility index (Phi) is 4.36. The maximum atomic E-state index is 12.0. The minimum atomic E-state index is -4.03. The lowest BCUT2D eigenvalue weighted by molar-refractivity contribution is 0.597. The number of nitrogens with one attached hydrogen (secondary N) is 1. The molecule has 2 aromatic carbocycles. The number of primary sulfonamides is 1. The summed E-state index contributed by atoms with van der Waals surface area (Å²) in [6, 6.07) is 14.0. The van der Waals surface area contributed by atoms with Crippen LogP contribution in [0.3, 0.4) is 0 Å². The van der Waals surface area contributed by atoms with E-state index in [0.29, 0.717) is 5.56 Å². The van der Waals surface area contributed by atoms with Crippen LogP contribution in [0.1, 0.15) is 5.56 Å². The molecule has 0 fully saturated rings. The smallest absolute Gasteiger partial charge is 0.238 e. The van der Waals surface area contributed by atoms with E-state index in [4.69, 9.17) is 16.7 Å². The van der Waals surface area contributed by atoms with Gasteiger partial charge in [0.25, 0.3) is 0 Å². The molecule has 0 aliphatic heterocycles. The standard InChI is InChI=1S/C16H16N6O2S/c17-16(21-22-18)15-12(5-3-7-14(15)25(19,23)24)10-8-9-20-13-6-2-1-4-11(10)13/h1-9,22H,18H2,(H2,17,21)(H2,19,23,24). The third kappa shape index (κ3) is 3.15. The Morgan fingerprint density at radius 3 is 2.52 bits per heavy atom. The van der Waals surface area contributed by atoms with Gasteiger partial charge in [0.05, 0.1) is 10.4 Å². The van der Waals surface area contributed by atoms with Gasteiger partial charge in [0.1, 0.15) is 0 Å². The molecule has 0 radical (unpaired) electrons. The number of sulfonamides is 1. The van der Waals surface area contributed by atoms with E-state index in [1.807, 2.05) is 24.3 Å². The number of rotatable bonds is 4. The first-order valence-electron chi connectivity index (χ1n) is 7.22. The summed E-state index contributed by atoms with van der Waals surface area (Å²) in [6.45, 7) is 0. The Hall–Kier alpha value is -3.01. The van der Waals surface area contributed by atoms with E-state index in [1.54, 1.807) is 24.4 Å². The van der Waals surface area contributed by atoms with Gasteiger partial charge in [-0.2, -0.15) is 0 Å². The van der Waals surface area contributed by atoms with E-state index in [9.17, 15) is 8.42 Å². The normalized spacial score (nSPS) is 12.3. The van der Waals surface area contributed by atoms with Crippen molar-refractivity contribution in [3.05, 3.63) is 60.3 Å². The summed E-state index contributed by atoms with van der Waals surface area (Å²) in [5.41, 5.74) is 10.3.